The molecule has 0 aromatic heterocycles. The monoisotopic (exact) mass is 386 g/mol. The third kappa shape index (κ3) is 3.42. The molecule has 0 spiro atoms. The average Bonchev–Trinajstić information content (AvgIpc) is 2.99. The molecule has 1 nitrogen and oxygen atoms in total. The van der Waals surface area contributed by atoms with Gasteiger partial charge >= 0.3 is 0 Å². The number of fused-ring (bicyclic) bond motifs is 5. The quantitative estimate of drug-likeness (QED) is 0.505. The van der Waals surface area contributed by atoms with E-state index >= 15 is 0 Å². The van der Waals surface area contributed by atoms with Gasteiger partial charge < -0.3 is 5.11 Å². The maximum Gasteiger partial charge on any atom is 0.0543 e. The molecule has 0 amide bonds. The largest absolute Gasteiger partial charge is 0.393 e. The molecule has 1 unspecified atom stereocenters. The zero-order chi connectivity index (χ0) is 20.1. The van der Waals surface area contributed by atoms with Gasteiger partial charge in [-0.3, -0.25) is 0 Å². The second-order valence-corrected chi connectivity index (χ2v) is 12.2. The predicted octanol–water partition coefficient (Wildman–Crippen LogP) is 7.24. The molecule has 0 bridgehead atoms. The Kier molecular flexibility index (Phi) is 5.80. The van der Waals surface area contributed by atoms with Crippen molar-refractivity contribution < 1.29 is 5.11 Å². The van der Waals surface area contributed by atoms with Crippen LogP contribution in [0.4, 0.5) is 0 Å². The van der Waals surface area contributed by atoms with Crippen LogP contribution >= 0.6 is 0 Å². The lowest BCUT2D eigenvalue weighted by atomic mass is 9.44. The minimum absolute atomic E-state index is 0.0159. The molecule has 4 rings (SSSR count). The van der Waals surface area contributed by atoms with E-state index in [2.05, 4.69) is 46.8 Å². The lowest BCUT2D eigenvalue weighted by molar-refractivity contribution is -0.128. The molecular weight excluding hydrogens is 340 g/mol. The van der Waals surface area contributed by atoms with Crippen molar-refractivity contribution in [1.82, 2.24) is 0 Å². The molecule has 4 fully saturated rings. The Morgan fingerprint density at radius 1 is 0.893 bits per heavy atom. The number of hydrogen-bond donors (Lipinski definition) is 1. The van der Waals surface area contributed by atoms with Crippen LogP contribution in [-0.2, 0) is 0 Å². The van der Waals surface area contributed by atoms with Crippen LogP contribution in [-0.4, -0.2) is 11.2 Å². The lowest BCUT2D eigenvalue weighted by Gasteiger charge is -2.61. The Hall–Kier alpha value is -0.300. The topological polar surface area (TPSA) is 20.2 Å². The van der Waals surface area contributed by atoms with Crippen LogP contribution in [0.3, 0.4) is 0 Å². The number of aliphatic hydroxyl groups is 1. The molecule has 0 heterocycles. The number of rotatable bonds is 4. The second kappa shape index (κ2) is 7.75. The molecule has 1 heteroatoms. The summed E-state index contributed by atoms with van der Waals surface area (Å²) >= 11 is 0. The van der Waals surface area contributed by atoms with Crippen LogP contribution in [0.5, 0.6) is 0 Å². The standard InChI is InChI=1S/C27H46O/c1-18(2)7-6-8-19(3)23-11-12-24-22-10-9-20-17-21(28)13-15-26(20,4)25(22)14-16-27(23,24)5/h6,8,18-25,28H,7,9-17H2,1-5H3/b8-6+/t19-,20?,21-,22+,23-,24+,25+,26+,27-/m1/s1. The third-order valence-corrected chi connectivity index (χ3v) is 10.4. The van der Waals surface area contributed by atoms with E-state index in [0.29, 0.717) is 10.8 Å². The zero-order valence-electron chi connectivity index (χ0n) is 19.3. The van der Waals surface area contributed by atoms with Gasteiger partial charge in [0.2, 0.25) is 0 Å². The van der Waals surface area contributed by atoms with Gasteiger partial charge in [-0.15, -0.1) is 0 Å². The van der Waals surface area contributed by atoms with Gasteiger partial charge in [-0.05, 0) is 116 Å². The van der Waals surface area contributed by atoms with Crippen LogP contribution in [0, 0.1) is 52.3 Å². The van der Waals surface area contributed by atoms with Gasteiger partial charge in [0.15, 0.2) is 0 Å². The average molecular weight is 387 g/mol. The van der Waals surface area contributed by atoms with E-state index in [-0.39, 0.29) is 6.10 Å². The van der Waals surface area contributed by atoms with Gasteiger partial charge in [0.05, 0.1) is 6.10 Å². The Bertz CT molecular complexity index is 579. The zero-order valence-corrected chi connectivity index (χ0v) is 19.3. The summed E-state index contributed by atoms with van der Waals surface area (Å²) in [5.74, 6) is 6.05. The molecule has 0 aromatic rings. The highest BCUT2D eigenvalue weighted by atomic mass is 16.3. The summed E-state index contributed by atoms with van der Waals surface area (Å²) in [7, 11) is 0. The highest BCUT2D eigenvalue weighted by molar-refractivity contribution is 5.11. The Labute approximate surface area is 174 Å². The van der Waals surface area contributed by atoms with Crippen LogP contribution in [0.25, 0.3) is 0 Å². The summed E-state index contributed by atoms with van der Waals surface area (Å²) in [6, 6.07) is 0. The molecule has 160 valence electrons. The van der Waals surface area contributed by atoms with Crippen molar-refractivity contribution in [3.05, 3.63) is 12.2 Å². The summed E-state index contributed by atoms with van der Waals surface area (Å²) in [5.41, 5.74) is 1.09. The van der Waals surface area contributed by atoms with Crippen molar-refractivity contribution in [1.29, 1.82) is 0 Å². The van der Waals surface area contributed by atoms with E-state index in [9.17, 15) is 5.11 Å². The summed E-state index contributed by atoms with van der Waals surface area (Å²) in [4.78, 5) is 0. The van der Waals surface area contributed by atoms with Gasteiger partial charge in [-0.1, -0.05) is 46.8 Å². The van der Waals surface area contributed by atoms with Crippen molar-refractivity contribution in [2.75, 3.05) is 0 Å². The molecule has 0 saturated heterocycles. The molecule has 1 N–H and O–H groups in total. The van der Waals surface area contributed by atoms with E-state index < -0.39 is 0 Å². The highest BCUT2D eigenvalue weighted by Gasteiger charge is 2.60. The van der Waals surface area contributed by atoms with E-state index in [4.69, 9.17) is 0 Å². The van der Waals surface area contributed by atoms with Gasteiger partial charge in [-0.25, -0.2) is 0 Å². The smallest absolute Gasteiger partial charge is 0.0543 e. The molecular formula is C27H46O. The predicted molar refractivity (Wildman–Crippen MR) is 119 cm³/mol. The van der Waals surface area contributed by atoms with Crippen LogP contribution in [0.2, 0.25) is 0 Å². The summed E-state index contributed by atoms with van der Waals surface area (Å²) < 4.78 is 0. The number of aliphatic hydroxyl groups excluding tert-OH is 1. The van der Waals surface area contributed by atoms with Crippen molar-refractivity contribution in [3.63, 3.8) is 0 Å². The van der Waals surface area contributed by atoms with E-state index in [1.165, 1.54) is 51.4 Å². The molecule has 4 aliphatic rings. The normalized spacial score (nSPS) is 49.7. The van der Waals surface area contributed by atoms with Gasteiger partial charge in [0, 0.05) is 0 Å². The minimum Gasteiger partial charge on any atom is -0.393 e. The molecule has 28 heavy (non-hydrogen) atoms. The molecule has 9 atom stereocenters. The van der Waals surface area contributed by atoms with Crippen LogP contribution in [0.15, 0.2) is 12.2 Å². The van der Waals surface area contributed by atoms with Gasteiger partial charge in [0.25, 0.3) is 0 Å². The molecule has 0 aliphatic heterocycles. The first-order valence-corrected chi connectivity index (χ1v) is 12.6. The first-order valence-electron chi connectivity index (χ1n) is 12.6. The van der Waals surface area contributed by atoms with Crippen molar-refractivity contribution in [2.45, 2.75) is 105 Å². The van der Waals surface area contributed by atoms with Crippen LogP contribution < -0.4 is 0 Å². The fourth-order valence-electron chi connectivity index (χ4n) is 8.84. The summed E-state index contributed by atoms with van der Waals surface area (Å²) in [6.45, 7) is 12.4. The van der Waals surface area contributed by atoms with Crippen molar-refractivity contribution in [2.24, 2.45) is 52.3 Å². The van der Waals surface area contributed by atoms with E-state index in [1.807, 2.05) is 0 Å². The Morgan fingerprint density at radius 2 is 1.61 bits per heavy atom. The fraction of sp³-hybridized carbons (Fsp3) is 0.926. The van der Waals surface area contributed by atoms with Gasteiger partial charge in [0.1, 0.15) is 0 Å². The van der Waals surface area contributed by atoms with Crippen molar-refractivity contribution >= 4 is 0 Å². The third-order valence-electron chi connectivity index (χ3n) is 10.4. The molecule has 0 aromatic carbocycles. The first-order chi connectivity index (χ1) is 13.3. The number of allylic oxidation sites excluding steroid dienone is 2. The van der Waals surface area contributed by atoms with E-state index in [0.717, 1.165) is 54.3 Å². The first kappa shape index (κ1) is 21.0. The number of hydrogen-bond acceptors (Lipinski definition) is 1. The maximum atomic E-state index is 10.2. The fourth-order valence-corrected chi connectivity index (χ4v) is 8.84. The van der Waals surface area contributed by atoms with Gasteiger partial charge in [-0.2, -0.15) is 0 Å². The molecule has 0 radical (unpaired) electrons. The van der Waals surface area contributed by atoms with Crippen LogP contribution in [0.1, 0.15) is 98.8 Å². The van der Waals surface area contributed by atoms with Crippen molar-refractivity contribution in [3.8, 4) is 0 Å². The second-order valence-electron chi connectivity index (χ2n) is 12.2. The SMILES string of the molecule is CC(C)C/C=C/[C@@H](C)[C@H]1CC[C@H]2[C@@H]3CCC4C[C@H](O)CC[C@]4(C)[C@H]3CC[C@]12C. The highest BCUT2D eigenvalue weighted by Crippen LogP contribution is 2.68. The maximum absolute atomic E-state index is 10.2. The Morgan fingerprint density at radius 3 is 2.36 bits per heavy atom. The Balaban J connectivity index is 1.50. The van der Waals surface area contributed by atoms with E-state index in [1.54, 1.807) is 0 Å². The molecule has 4 aliphatic carbocycles. The minimum atomic E-state index is -0.0159. The lowest BCUT2D eigenvalue weighted by Crippen LogP contribution is -2.54. The summed E-state index contributed by atoms with van der Waals surface area (Å²) in [6.07, 6.45) is 18.3. The summed E-state index contributed by atoms with van der Waals surface area (Å²) in [5, 5.41) is 10.2. The molecule has 4 saturated carbocycles.